The van der Waals surface area contributed by atoms with Gasteiger partial charge in [0.05, 0.1) is 5.69 Å². The van der Waals surface area contributed by atoms with E-state index in [-0.39, 0.29) is 18.1 Å². The number of rotatable bonds is 4. The molecule has 1 aliphatic heterocycles. The van der Waals surface area contributed by atoms with Crippen LogP contribution in [0.4, 0.5) is 5.69 Å². The Morgan fingerprint density at radius 2 is 1.66 bits per heavy atom. The number of fused-ring (bicyclic) bond motifs is 3. The fourth-order valence-electron chi connectivity index (χ4n) is 4.48. The lowest BCUT2D eigenvalue weighted by Crippen LogP contribution is -2.50. The third kappa shape index (κ3) is 3.93. The molecule has 0 spiro atoms. The molecule has 6 rings (SSSR count). The number of amides is 1. The zero-order chi connectivity index (χ0) is 23.9. The number of piperazine rings is 1. The molecular formula is C25H22ClN7O2. The second-order valence-electron chi connectivity index (χ2n) is 8.50. The minimum Gasteiger partial charge on any atom is -0.368 e. The largest absolute Gasteiger partial charge is 0.368 e. The van der Waals surface area contributed by atoms with Crippen LogP contribution in [0, 0.1) is 0 Å². The monoisotopic (exact) mass is 487 g/mol. The van der Waals surface area contributed by atoms with E-state index in [1.807, 2.05) is 36.4 Å². The van der Waals surface area contributed by atoms with E-state index >= 15 is 0 Å². The summed E-state index contributed by atoms with van der Waals surface area (Å²) >= 11 is 6.00. The maximum absolute atomic E-state index is 13.0. The van der Waals surface area contributed by atoms with Crippen molar-refractivity contribution in [1.82, 2.24) is 28.7 Å². The summed E-state index contributed by atoms with van der Waals surface area (Å²) in [6.07, 6.45) is 3.33. The van der Waals surface area contributed by atoms with Crippen molar-refractivity contribution in [2.24, 2.45) is 0 Å². The summed E-state index contributed by atoms with van der Waals surface area (Å²) in [6.45, 7) is 2.61. The van der Waals surface area contributed by atoms with Gasteiger partial charge in [0.1, 0.15) is 12.1 Å². The number of aromatic nitrogens is 5. The molecule has 4 heterocycles. The fourth-order valence-corrected chi connectivity index (χ4v) is 4.61. The van der Waals surface area contributed by atoms with Crippen LogP contribution >= 0.6 is 11.6 Å². The minimum atomic E-state index is -0.354. The van der Waals surface area contributed by atoms with Gasteiger partial charge in [-0.15, -0.1) is 5.10 Å². The average Bonchev–Trinajstić information content (AvgIpc) is 3.46. The van der Waals surface area contributed by atoms with Crippen molar-refractivity contribution >= 4 is 34.4 Å². The van der Waals surface area contributed by atoms with Gasteiger partial charge in [0.15, 0.2) is 5.65 Å². The Hall–Kier alpha value is -4.11. The number of nitrogens with zero attached hydrogens (tertiary/aromatic N) is 7. The molecule has 0 bridgehead atoms. The molecule has 0 N–H and O–H groups in total. The Kier molecular flexibility index (Phi) is 5.26. The first-order chi connectivity index (χ1) is 17.1. The molecule has 10 heteroatoms. The highest BCUT2D eigenvalue weighted by Gasteiger charge is 2.23. The molecule has 3 aromatic heterocycles. The molecule has 0 saturated carbocycles. The minimum absolute atomic E-state index is 0.101. The van der Waals surface area contributed by atoms with Gasteiger partial charge in [-0.2, -0.15) is 5.10 Å². The van der Waals surface area contributed by atoms with Crippen molar-refractivity contribution in [1.29, 1.82) is 0 Å². The molecule has 5 aromatic rings. The van der Waals surface area contributed by atoms with Crippen LogP contribution in [0.5, 0.6) is 0 Å². The third-order valence-corrected chi connectivity index (χ3v) is 6.62. The van der Waals surface area contributed by atoms with Gasteiger partial charge in [-0.3, -0.25) is 4.79 Å². The van der Waals surface area contributed by atoms with E-state index in [4.69, 9.17) is 11.6 Å². The summed E-state index contributed by atoms with van der Waals surface area (Å²) in [6, 6.07) is 19.4. The Morgan fingerprint density at radius 3 is 2.40 bits per heavy atom. The first-order valence-corrected chi connectivity index (χ1v) is 11.8. The molecule has 1 aliphatic rings. The van der Waals surface area contributed by atoms with Gasteiger partial charge < -0.3 is 9.80 Å². The van der Waals surface area contributed by atoms with E-state index in [0.717, 1.165) is 30.0 Å². The van der Waals surface area contributed by atoms with Crippen LogP contribution in [-0.2, 0) is 11.3 Å². The van der Waals surface area contributed by atoms with Gasteiger partial charge in [0.25, 0.3) is 0 Å². The second kappa shape index (κ2) is 8.59. The zero-order valence-corrected chi connectivity index (χ0v) is 19.5. The normalized spacial score (nSPS) is 14.2. The first-order valence-electron chi connectivity index (χ1n) is 11.4. The van der Waals surface area contributed by atoms with E-state index in [1.165, 1.54) is 9.08 Å². The van der Waals surface area contributed by atoms with Gasteiger partial charge in [-0.1, -0.05) is 41.9 Å². The van der Waals surface area contributed by atoms with Crippen molar-refractivity contribution in [3.8, 4) is 11.3 Å². The average molecular weight is 488 g/mol. The highest BCUT2D eigenvalue weighted by molar-refractivity contribution is 6.30. The maximum atomic E-state index is 13.0. The summed E-state index contributed by atoms with van der Waals surface area (Å²) in [4.78, 5) is 30.0. The molecule has 0 atom stereocenters. The van der Waals surface area contributed by atoms with Crippen molar-refractivity contribution in [3.05, 3.63) is 88.6 Å². The number of hydrogen-bond acceptors (Lipinski definition) is 5. The van der Waals surface area contributed by atoms with Crippen LogP contribution in [0.2, 0.25) is 5.02 Å². The topological polar surface area (TPSA) is 80.1 Å². The lowest BCUT2D eigenvalue weighted by atomic mass is 10.1. The molecule has 9 nitrogen and oxygen atoms in total. The van der Waals surface area contributed by atoms with Gasteiger partial charge >= 0.3 is 5.69 Å². The number of benzene rings is 2. The molecule has 0 unspecified atom stereocenters. The number of halogens is 1. The Morgan fingerprint density at radius 1 is 0.914 bits per heavy atom. The van der Waals surface area contributed by atoms with Gasteiger partial charge in [-0.25, -0.2) is 18.4 Å². The van der Waals surface area contributed by atoms with Crippen LogP contribution in [0.3, 0.4) is 0 Å². The van der Waals surface area contributed by atoms with Crippen LogP contribution in [0.1, 0.15) is 0 Å². The van der Waals surface area contributed by atoms with Crippen LogP contribution in [0.15, 0.2) is 77.9 Å². The predicted octanol–water partition coefficient (Wildman–Crippen LogP) is 2.81. The summed E-state index contributed by atoms with van der Waals surface area (Å²) in [7, 11) is 0. The number of carbonyl (C=O) groups is 1. The van der Waals surface area contributed by atoms with Gasteiger partial charge in [0, 0.05) is 54.8 Å². The molecule has 0 radical (unpaired) electrons. The number of para-hydroxylation sites is 1. The lowest BCUT2D eigenvalue weighted by Gasteiger charge is -2.36. The van der Waals surface area contributed by atoms with Crippen LogP contribution < -0.4 is 10.6 Å². The molecule has 1 fully saturated rings. The van der Waals surface area contributed by atoms with Crippen molar-refractivity contribution in [2.45, 2.75) is 6.54 Å². The smallest absolute Gasteiger partial charge is 0.350 e. The molecule has 176 valence electrons. The lowest BCUT2D eigenvalue weighted by molar-refractivity contribution is -0.132. The zero-order valence-electron chi connectivity index (χ0n) is 18.8. The third-order valence-electron chi connectivity index (χ3n) is 6.37. The predicted molar refractivity (Wildman–Crippen MR) is 134 cm³/mol. The van der Waals surface area contributed by atoms with Crippen LogP contribution in [-0.4, -0.2) is 60.8 Å². The van der Waals surface area contributed by atoms with E-state index in [2.05, 4.69) is 27.2 Å². The molecule has 2 aromatic carbocycles. The number of anilines is 1. The molecular weight excluding hydrogens is 466 g/mol. The molecule has 35 heavy (non-hydrogen) atoms. The van der Waals surface area contributed by atoms with Gasteiger partial charge in [0.2, 0.25) is 5.91 Å². The number of carbonyl (C=O) groups excluding carboxylic acids is 1. The van der Waals surface area contributed by atoms with Crippen LogP contribution in [0.25, 0.3) is 22.4 Å². The fraction of sp³-hybridized carbons (Fsp3) is 0.200. The summed E-state index contributed by atoms with van der Waals surface area (Å²) < 4.78 is 4.36. The highest BCUT2D eigenvalue weighted by Crippen LogP contribution is 2.23. The Bertz CT molecular complexity index is 1580. The molecule has 0 aliphatic carbocycles. The summed E-state index contributed by atoms with van der Waals surface area (Å²) in [5, 5.41) is 9.73. The maximum Gasteiger partial charge on any atom is 0.350 e. The van der Waals surface area contributed by atoms with Gasteiger partial charge in [-0.05, 0) is 30.3 Å². The molecule has 1 amide bonds. The van der Waals surface area contributed by atoms with Crippen molar-refractivity contribution in [2.75, 3.05) is 31.1 Å². The van der Waals surface area contributed by atoms with E-state index < -0.39 is 0 Å². The number of hydrogen-bond donors (Lipinski definition) is 0. The standard InChI is InChI=1S/C25H22ClN7O2/c26-19-8-6-18(7-9-19)21-16-22-24-28-33(25(35)31(24)14-15-32(22)27-21)17-23(34)30-12-10-29(11-13-30)20-4-2-1-3-5-20/h1-9,14-16H,10-13,17H2. The highest BCUT2D eigenvalue weighted by atomic mass is 35.5. The van der Waals surface area contributed by atoms with E-state index in [1.54, 1.807) is 33.9 Å². The van der Waals surface area contributed by atoms with E-state index in [9.17, 15) is 9.59 Å². The van der Waals surface area contributed by atoms with E-state index in [0.29, 0.717) is 29.3 Å². The Balaban J connectivity index is 1.23. The first kappa shape index (κ1) is 21.4. The summed E-state index contributed by atoms with van der Waals surface area (Å²) in [5.74, 6) is -0.116. The second-order valence-corrected chi connectivity index (χ2v) is 8.94. The SMILES string of the molecule is O=C(Cn1nc2c3cc(-c4ccc(Cl)cc4)nn3ccn2c1=O)N1CCN(c2ccccc2)CC1. The van der Waals surface area contributed by atoms with Crippen molar-refractivity contribution in [3.63, 3.8) is 0 Å². The Labute approximate surface area is 205 Å². The molecule has 1 saturated heterocycles. The quantitative estimate of drug-likeness (QED) is 0.389. The van der Waals surface area contributed by atoms with Crippen molar-refractivity contribution < 1.29 is 4.79 Å². The summed E-state index contributed by atoms with van der Waals surface area (Å²) in [5.41, 5.74) is 3.57.